The third-order valence-electron chi connectivity index (χ3n) is 3.17. The summed E-state index contributed by atoms with van der Waals surface area (Å²) in [6.45, 7) is 8.22. The quantitative estimate of drug-likeness (QED) is 0.844. The van der Waals surface area contributed by atoms with Crippen molar-refractivity contribution in [3.05, 3.63) is 34.9 Å². The molecule has 2 nitrogen and oxygen atoms in total. The van der Waals surface area contributed by atoms with E-state index in [2.05, 4.69) is 32.0 Å². The van der Waals surface area contributed by atoms with Gasteiger partial charge in [-0.3, -0.25) is 0 Å². The molecule has 0 saturated heterocycles. The Morgan fingerprint density at radius 2 is 1.81 bits per heavy atom. The predicted molar refractivity (Wildman–Crippen MR) is 66.8 cm³/mol. The van der Waals surface area contributed by atoms with E-state index in [0.29, 0.717) is 0 Å². The molecule has 1 rings (SSSR count). The lowest BCUT2D eigenvalue weighted by molar-refractivity contribution is 0.403. The van der Waals surface area contributed by atoms with Gasteiger partial charge in [-0.25, -0.2) is 0 Å². The second-order valence-corrected chi connectivity index (χ2v) is 4.77. The molecule has 0 aliphatic rings. The molecule has 0 spiro atoms. The van der Waals surface area contributed by atoms with Gasteiger partial charge in [0.1, 0.15) is 0 Å². The summed E-state index contributed by atoms with van der Waals surface area (Å²) in [6, 6.07) is 8.30. The fourth-order valence-electron chi connectivity index (χ4n) is 1.82. The van der Waals surface area contributed by atoms with Gasteiger partial charge in [-0.1, -0.05) is 32.0 Å². The first-order valence-corrected chi connectivity index (χ1v) is 5.69. The number of rotatable bonds is 3. The summed E-state index contributed by atoms with van der Waals surface area (Å²) in [7, 11) is 0. The summed E-state index contributed by atoms with van der Waals surface area (Å²) in [6.07, 6.45) is 0. The lowest BCUT2D eigenvalue weighted by Crippen LogP contribution is -2.24. The monoisotopic (exact) mass is 216 g/mol. The lowest BCUT2D eigenvalue weighted by Gasteiger charge is -2.21. The second kappa shape index (κ2) is 5.14. The molecular formula is C14H20N2. The summed E-state index contributed by atoms with van der Waals surface area (Å²) in [4.78, 5) is 0. The van der Waals surface area contributed by atoms with Gasteiger partial charge in [-0.15, -0.1) is 0 Å². The lowest BCUT2D eigenvalue weighted by atomic mass is 9.85. The SMILES string of the molecule is Cc1ccc(C(N)C(C#N)C(C)C)cc1C. The molecule has 2 heteroatoms. The van der Waals surface area contributed by atoms with Crippen molar-refractivity contribution < 1.29 is 0 Å². The second-order valence-electron chi connectivity index (χ2n) is 4.77. The van der Waals surface area contributed by atoms with Crippen molar-refractivity contribution in [1.82, 2.24) is 0 Å². The first-order chi connectivity index (χ1) is 7.47. The molecule has 0 bridgehead atoms. The molecule has 0 aromatic heterocycles. The highest BCUT2D eigenvalue weighted by Gasteiger charge is 2.22. The number of benzene rings is 1. The highest BCUT2D eigenvalue weighted by molar-refractivity contribution is 5.32. The van der Waals surface area contributed by atoms with Crippen LogP contribution in [0.3, 0.4) is 0 Å². The molecule has 0 fully saturated rings. The minimum Gasteiger partial charge on any atom is -0.323 e. The Labute approximate surface area is 98.1 Å². The Bertz CT molecular complexity index is 402. The first kappa shape index (κ1) is 12.7. The van der Waals surface area contributed by atoms with Gasteiger partial charge in [0.25, 0.3) is 0 Å². The molecule has 0 saturated carbocycles. The van der Waals surface area contributed by atoms with Crippen molar-refractivity contribution in [3.8, 4) is 6.07 Å². The van der Waals surface area contributed by atoms with Crippen molar-refractivity contribution in [2.24, 2.45) is 17.6 Å². The van der Waals surface area contributed by atoms with Gasteiger partial charge in [-0.05, 0) is 36.5 Å². The molecule has 0 amide bonds. The van der Waals surface area contributed by atoms with E-state index in [1.807, 2.05) is 19.9 Å². The minimum absolute atomic E-state index is 0.123. The van der Waals surface area contributed by atoms with Crippen LogP contribution in [0.15, 0.2) is 18.2 Å². The topological polar surface area (TPSA) is 49.8 Å². The van der Waals surface area contributed by atoms with E-state index >= 15 is 0 Å². The normalized spacial score (nSPS) is 14.6. The molecule has 0 aliphatic carbocycles. The average molecular weight is 216 g/mol. The van der Waals surface area contributed by atoms with Gasteiger partial charge in [-0.2, -0.15) is 5.26 Å². The molecule has 16 heavy (non-hydrogen) atoms. The largest absolute Gasteiger partial charge is 0.323 e. The Morgan fingerprint density at radius 1 is 1.19 bits per heavy atom. The van der Waals surface area contributed by atoms with Gasteiger partial charge in [0, 0.05) is 6.04 Å². The van der Waals surface area contributed by atoms with Crippen LogP contribution in [0.4, 0.5) is 0 Å². The Kier molecular flexibility index (Phi) is 4.09. The molecule has 0 aliphatic heterocycles. The predicted octanol–water partition coefficient (Wildman–Crippen LogP) is 3.10. The van der Waals surface area contributed by atoms with Crippen LogP contribution >= 0.6 is 0 Å². The van der Waals surface area contributed by atoms with Crippen molar-refractivity contribution in [3.63, 3.8) is 0 Å². The van der Waals surface area contributed by atoms with Crippen LogP contribution in [0.2, 0.25) is 0 Å². The average Bonchev–Trinajstić information content (AvgIpc) is 2.22. The summed E-state index contributed by atoms with van der Waals surface area (Å²) in [5.41, 5.74) is 9.69. The highest BCUT2D eigenvalue weighted by Crippen LogP contribution is 2.26. The molecule has 86 valence electrons. The van der Waals surface area contributed by atoms with Crippen LogP contribution in [0, 0.1) is 37.0 Å². The fourth-order valence-corrected chi connectivity index (χ4v) is 1.82. The number of aryl methyl sites for hydroxylation is 2. The molecule has 0 radical (unpaired) electrons. The van der Waals surface area contributed by atoms with Crippen LogP contribution < -0.4 is 5.73 Å². The van der Waals surface area contributed by atoms with Crippen molar-refractivity contribution in [2.45, 2.75) is 33.7 Å². The van der Waals surface area contributed by atoms with Gasteiger partial charge in [0.2, 0.25) is 0 Å². The van der Waals surface area contributed by atoms with E-state index in [0.717, 1.165) is 5.56 Å². The minimum atomic E-state index is -0.190. The zero-order chi connectivity index (χ0) is 12.3. The van der Waals surface area contributed by atoms with Gasteiger partial charge < -0.3 is 5.73 Å². The smallest absolute Gasteiger partial charge is 0.0679 e. The van der Waals surface area contributed by atoms with Crippen molar-refractivity contribution >= 4 is 0 Å². The number of nitrogens with two attached hydrogens (primary N) is 1. The molecule has 1 aromatic rings. The van der Waals surface area contributed by atoms with Crippen molar-refractivity contribution in [1.29, 1.82) is 5.26 Å². The summed E-state index contributed by atoms with van der Waals surface area (Å²) in [5.74, 6) is 0.156. The van der Waals surface area contributed by atoms with Crippen LogP contribution in [0.25, 0.3) is 0 Å². The maximum Gasteiger partial charge on any atom is 0.0679 e. The first-order valence-electron chi connectivity index (χ1n) is 5.69. The molecule has 2 N–H and O–H groups in total. The number of nitrogens with zero attached hydrogens (tertiary/aromatic N) is 1. The molecule has 2 unspecified atom stereocenters. The van der Waals surface area contributed by atoms with Crippen LogP contribution in [-0.4, -0.2) is 0 Å². The summed E-state index contributed by atoms with van der Waals surface area (Å²) < 4.78 is 0. The number of hydrogen-bond donors (Lipinski definition) is 1. The van der Waals surface area contributed by atoms with Gasteiger partial charge >= 0.3 is 0 Å². The Hall–Kier alpha value is -1.33. The van der Waals surface area contributed by atoms with E-state index < -0.39 is 0 Å². The molecule has 0 heterocycles. The van der Waals surface area contributed by atoms with E-state index in [9.17, 15) is 0 Å². The molecular weight excluding hydrogens is 196 g/mol. The zero-order valence-electron chi connectivity index (χ0n) is 10.5. The van der Waals surface area contributed by atoms with E-state index in [1.54, 1.807) is 0 Å². The third kappa shape index (κ3) is 2.62. The van der Waals surface area contributed by atoms with E-state index in [4.69, 9.17) is 11.0 Å². The molecule has 1 aromatic carbocycles. The van der Waals surface area contributed by atoms with E-state index in [-0.39, 0.29) is 17.9 Å². The standard InChI is InChI=1S/C14H20N2/c1-9(2)13(8-15)14(16)12-6-5-10(3)11(4)7-12/h5-7,9,13-14H,16H2,1-4H3. The zero-order valence-corrected chi connectivity index (χ0v) is 10.5. The molecule has 2 atom stereocenters. The number of nitriles is 1. The van der Waals surface area contributed by atoms with Crippen molar-refractivity contribution in [2.75, 3.05) is 0 Å². The summed E-state index contributed by atoms with van der Waals surface area (Å²) in [5, 5.41) is 9.12. The Balaban J connectivity index is 3.00. The fraction of sp³-hybridized carbons (Fsp3) is 0.500. The maximum atomic E-state index is 9.12. The van der Waals surface area contributed by atoms with Crippen LogP contribution in [-0.2, 0) is 0 Å². The van der Waals surface area contributed by atoms with Crippen LogP contribution in [0.1, 0.15) is 36.6 Å². The summed E-state index contributed by atoms with van der Waals surface area (Å²) >= 11 is 0. The van der Waals surface area contributed by atoms with E-state index in [1.165, 1.54) is 11.1 Å². The third-order valence-corrected chi connectivity index (χ3v) is 3.17. The van der Waals surface area contributed by atoms with Crippen LogP contribution in [0.5, 0.6) is 0 Å². The van der Waals surface area contributed by atoms with Gasteiger partial charge in [0.05, 0.1) is 12.0 Å². The maximum absolute atomic E-state index is 9.12. The number of hydrogen-bond acceptors (Lipinski definition) is 2. The Morgan fingerprint density at radius 3 is 2.25 bits per heavy atom. The highest BCUT2D eigenvalue weighted by atomic mass is 14.7. The van der Waals surface area contributed by atoms with Gasteiger partial charge in [0.15, 0.2) is 0 Å².